The van der Waals surface area contributed by atoms with Gasteiger partial charge in [-0.25, -0.2) is 0 Å². The zero-order valence-electron chi connectivity index (χ0n) is 11.3. The summed E-state index contributed by atoms with van der Waals surface area (Å²) in [5, 5.41) is 3.57. The van der Waals surface area contributed by atoms with Crippen LogP contribution in [0.15, 0.2) is 18.6 Å². The molecule has 0 aliphatic carbocycles. The SMILES string of the molecule is CCCCN(Cc1cnccn1)CC1CCCN1. The first-order valence-corrected chi connectivity index (χ1v) is 7.09. The standard InChI is InChI=1S/C14H24N4/c1-2-3-9-18(11-13-5-4-6-16-13)12-14-10-15-7-8-17-14/h7-8,10,13,16H,2-6,9,11-12H2,1H3. The highest BCUT2D eigenvalue weighted by Crippen LogP contribution is 2.10. The van der Waals surface area contributed by atoms with E-state index in [1.807, 2.05) is 6.20 Å². The van der Waals surface area contributed by atoms with Crippen LogP contribution in [0.4, 0.5) is 0 Å². The molecule has 100 valence electrons. The molecule has 1 aliphatic heterocycles. The molecule has 1 unspecified atom stereocenters. The number of aromatic nitrogens is 2. The lowest BCUT2D eigenvalue weighted by molar-refractivity contribution is 0.235. The second-order valence-electron chi connectivity index (χ2n) is 5.08. The summed E-state index contributed by atoms with van der Waals surface area (Å²) in [5.41, 5.74) is 1.08. The summed E-state index contributed by atoms with van der Waals surface area (Å²) in [6.07, 6.45) is 10.5. The van der Waals surface area contributed by atoms with Crippen molar-refractivity contribution in [2.45, 2.75) is 45.2 Å². The largest absolute Gasteiger partial charge is 0.313 e. The Bertz CT molecular complexity index is 322. The second-order valence-corrected chi connectivity index (χ2v) is 5.08. The van der Waals surface area contributed by atoms with Gasteiger partial charge in [-0.1, -0.05) is 13.3 Å². The van der Waals surface area contributed by atoms with Crippen molar-refractivity contribution in [3.05, 3.63) is 24.3 Å². The normalized spacial score (nSPS) is 19.6. The molecule has 2 rings (SSSR count). The number of nitrogens with zero attached hydrogens (tertiary/aromatic N) is 3. The predicted octanol–water partition coefficient (Wildman–Crippen LogP) is 1.83. The molecule has 1 aromatic heterocycles. The van der Waals surface area contributed by atoms with Gasteiger partial charge >= 0.3 is 0 Å². The van der Waals surface area contributed by atoms with Crippen LogP contribution < -0.4 is 5.32 Å². The predicted molar refractivity (Wildman–Crippen MR) is 73.2 cm³/mol. The van der Waals surface area contributed by atoms with Gasteiger partial charge in [-0.2, -0.15) is 0 Å². The van der Waals surface area contributed by atoms with Crippen LogP contribution in [0, 0.1) is 0 Å². The first-order valence-electron chi connectivity index (χ1n) is 7.09. The maximum absolute atomic E-state index is 4.38. The highest BCUT2D eigenvalue weighted by atomic mass is 15.2. The summed E-state index contributed by atoms with van der Waals surface area (Å²) in [4.78, 5) is 11.0. The fourth-order valence-electron chi connectivity index (χ4n) is 2.48. The molecule has 1 saturated heterocycles. The van der Waals surface area contributed by atoms with Gasteiger partial charge in [0.2, 0.25) is 0 Å². The average molecular weight is 248 g/mol. The molecule has 4 heteroatoms. The Morgan fingerprint density at radius 1 is 1.44 bits per heavy atom. The lowest BCUT2D eigenvalue weighted by Crippen LogP contribution is -2.37. The Labute approximate surface area is 110 Å². The van der Waals surface area contributed by atoms with E-state index in [1.54, 1.807) is 12.4 Å². The number of rotatable bonds is 7. The van der Waals surface area contributed by atoms with E-state index >= 15 is 0 Å². The maximum atomic E-state index is 4.38. The Morgan fingerprint density at radius 2 is 2.39 bits per heavy atom. The van der Waals surface area contributed by atoms with E-state index in [-0.39, 0.29) is 0 Å². The Kier molecular flexibility index (Phi) is 5.55. The number of hydrogen-bond acceptors (Lipinski definition) is 4. The summed E-state index contributed by atoms with van der Waals surface area (Å²) < 4.78 is 0. The molecule has 0 bridgehead atoms. The van der Waals surface area contributed by atoms with Gasteiger partial charge in [-0.05, 0) is 32.4 Å². The van der Waals surface area contributed by atoms with E-state index in [1.165, 1.54) is 32.2 Å². The van der Waals surface area contributed by atoms with Gasteiger partial charge in [0, 0.05) is 37.7 Å². The Balaban J connectivity index is 1.87. The first-order chi connectivity index (χ1) is 8.88. The summed E-state index contributed by atoms with van der Waals surface area (Å²) >= 11 is 0. The van der Waals surface area contributed by atoms with Crippen molar-refractivity contribution in [3.63, 3.8) is 0 Å². The van der Waals surface area contributed by atoms with Gasteiger partial charge in [0.05, 0.1) is 5.69 Å². The molecule has 1 fully saturated rings. The molecule has 0 radical (unpaired) electrons. The molecule has 1 atom stereocenters. The summed E-state index contributed by atoms with van der Waals surface area (Å²) in [5.74, 6) is 0. The topological polar surface area (TPSA) is 41.1 Å². The first kappa shape index (κ1) is 13.4. The highest BCUT2D eigenvalue weighted by molar-refractivity contribution is 4.95. The van der Waals surface area contributed by atoms with Crippen LogP contribution in [0.25, 0.3) is 0 Å². The smallest absolute Gasteiger partial charge is 0.0726 e. The van der Waals surface area contributed by atoms with Crippen LogP contribution in [-0.4, -0.2) is 40.5 Å². The van der Waals surface area contributed by atoms with Crippen LogP contribution in [0.3, 0.4) is 0 Å². The van der Waals surface area contributed by atoms with Crippen LogP contribution in [0.5, 0.6) is 0 Å². The number of nitrogens with one attached hydrogen (secondary N) is 1. The van der Waals surface area contributed by atoms with Crippen molar-refractivity contribution in [1.29, 1.82) is 0 Å². The molecular weight excluding hydrogens is 224 g/mol. The van der Waals surface area contributed by atoms with Crippen LogP contribution in [0.2, 0.25) is 0 Å². The van der Waals surface area contributed by atoms with Crippen molar-refractivity contribution in [2.24, 2.45) is 0 Å². The van der Waals surface area contributed by atoms with E-state index in [0.717, 1.165) is 25.3 Å². The van der Waals surface area contributed by atoms with E-state index in [2.05, 4.69) is 27.1 Å². The molecule has 2 heterocycles. The minimum absolute atomic E-state index is 0.665. The zero-order valence-corrected chi connectivity index (χ0v) is 11.3. The lowest BCUT2D eigenvalue weighted by atomic mass is 10.2. The van der Waals surface area contributed by atoms with Gasteiger partial charge < -0.3 is 5.32 Å². The Hall–Kier alpha value is -1.00. The Morgan fingerprint density at radius 3 is 3.06 bits per heavy atom. The maximum Gasteiger partial charge on any atom is 0.0726 e. The average Bonchev–Trinajstić information content (AvgIpc) is 2.90. The molecule has 0 aromatic carbocycles. The fourth-order valence-corrected chi connectivity index (χ4v) is 2.48. The molecule has 4 nitrogen and oxygen atoms in total. The highest BCUT2D eigenvalue weighted by Gasteiger charge is 2.17. The van der Waals surface area contributed by atoms with Crippen molar-refractivity contribution < 1.29 is 0 Å². The molecule has 0 saturated carbocycles. The van der Waals surface area contributed by atoms with Crippen LogP contribution in [-0.2, 0) is 6.54 Å². The monoisotopic (exact) mass is 248 g/mol. The summed E-state index contributed by atoms with van der Waals surface area (Å²) in [7, 11) is 0. The lowest BCUT2D eigenvalue weighted by Gasteiger charge is -2.25. The minimum Gasteiger partial charge on any atom is -0.313 e. The van der Waals surface area contributed by atoms with Gasteiger partial charge in [0.15, 0.2) is 0 Å². The minimum atomic E-state index is 0.665. The van der Waals surface area contributed by atoms with E-state index in [9.17, 15) is 0 Å². The van der Waals surface area contributed by atoms with Gasteiger partial charge in [-0.3, -0.25) is 14.9 Å². The van der Waals surface area contributed by atoms with E-state index < -0.39 is 0 Å². The van der Waals surface area contributed by atoms with E-state index in [0.29, 0.717) is 6.04 Å². The van der Waals surface area contributed by atoms with Gasteiger partial charge in [-0.15, -0.1) is 0 Å². The third-order valence-electron chi connectivity index (χ3n) is 3.47. The molecule has 18 heavy (non-hydrogen) atoms. The molecule has 0 amide bonds. The second kappa shape index (κ2) is 7.44. The van der Waals surface area contributed by atoms with Gasteiger partial charge in [0.1, 0.15) is 0 Å². The van der Waals surface area contributed by atoms with Crippen LogP contribution in [0.1, 0.15) is 38.3 Å². The quantitative estimate of drug-likeness (QED) is 0.799. The van der Waals surface area contributed by atoms with Crippen molar-refractivity contribution in [3.8, 4) is 0 Å². The van der Waals surface area contributed by atoms with E-state index in [4.69, 9.17) is 0 Å². The van der Waals surface area contributed by atoms with Crippen molar-refractivity contribution >= 4 is 0 Å². The summed E-state index contributed by atoms with van der Waals surface area (Å²) in [6, 6.07) is 0.665. The zero-order chi connectivity index (χ0) is 12.6. The van der Waals surface area contributed by atoms with Gasteiger partial charge in [0.25, 0.3) is 0 Å². The molecule has 1 aliphatic rings. The third kappa shape index (κ3) is 4.35. The fraction of sp³-hybridized carbons (Fsp3) is 0.714. The van der Waals surface area contributed by atoms with Crippen molar-refractivity contribution in [2.75, 3.05) is 19.6 Å². The van der Waals surface area contributed by atoms with Crippen molar-refractivity contribution in [1.82, 2.24) is 20.2 Å². The number of unbranched alkanes of at least 4 members (excludes halogenated alkanes) is 1. The molecule has 0 spiro atoms. The molecule has 1 aromatic rings. The molecule has 1 N–H and O–H groups in total. The third-order valence-corrected chi connectivity index (χ3v) is 3.47. The number of hydrogen-bond donors (Lipinski definition) is 1. The summed E-state index contributed by atoms with van der Waals surface area (Å²) in [6.45, 7) is 6.64. The molecular formula is C14H24N4. The van der Waals surface area contributed by atoms with Crippen LogP contribution >= 0.6 is 0 Å².